The number of aromatic hydroxyl groups is 1. The first-order valence-corrected chi connectivity index (χ1v) is 12.6. The zero-order valence-electron chi connectivity index (χ0n) is 19.0. The van der Waals surface area contributed by atoms with E-state index in [0.29, 0.717) is 23.6 Å². The van der Waals surface area contributed by atoms with E-state index in [2.05, 4.69) is 21.3 Å². The van der Waals surface area contributed by atoms with E-state index in [-0.39, 0.29) is 47.5 Å². The van der Waals surface area contributed by atoms with E-state index < -0.39 is 11.5 Å². The summed E-state index contributed by atoms with van der Waals surface area (Å²) in [6, 6.07) is 6.33. The Balaban J connectivity index is 1.10. The van der Waals surface area contributed by atoms with Gasteiger partial charge < -0.3 is 30.8 Å². The van der Waals surface area contributed by atoms with Crippen LogP contribution in [-0.4, -0.2) is 59.1 Å². The quantitative estimate of drug-likeness (QED) is 0.143. The van der Waals surface area contributed by atoms with Gasteiger partial charge in [-0.05, 0) is 37.1 Å². The number of urea groups is 1. The van der Waals surface area contributed by atoms with Crippen LogP contribution >= 0.6 is 11.8 Å². The van der Waals surface area contributed by atoms with Crippen molar-refractivity contribution in [1.29, 1.82) is 0 Å². The van der Waals surface area contributed by atoms with Crippen LogP contribution in [0, 0.1) is 0 Å². The highest BCUT2D eigenvalue weighted by Gasteiger charge is 2.42. The lowest BCUT2D eigenvalue weighted by Crippen LogP contribution is -2.36. The van der Waals surface area contributed by atoms with Crippen molar-refractivity contribution in [2.45, 2.75) is 43.0 Å². The number of benzene rings is 1. The van der Waals surface area contributed by atoms with Gasteiger partial charge in [0.15, 0.2) is 0 Å². The number of thioether (sulfide) groups is 1. The number of carbonyl (C=O) groups is 3. The molecule has 2 aliphatic rings. The van der Waals surface area contributed by atoms with Crippen LogP contribution in [0.4, 0.5) is 4.79 Å². The van der Waals surface area contributed by atoms with Crippen LogP contribution in [0.5, 0.6) is 5.75 Å². The van der Waals surface area contributed by atoms with Crippen LogP contribution in [0.2, 0.25) is 0 Å². The van der Waals surface area contributed by atoms with E-state index in [1.807, 2.05) is 11.8 Å². The Kier molecular flexibility index (Phi) is 7.96. The Morgan fingerprint density at radius 1 is 1.14 bits per heavy atom. The molecule has 0 saturated carbocycles. The molecule has 4 rings (SSSR count). The predicted octanol–water partition coefficient (Wildman–Crippen LogP) is 1.47. The number of phenols is 1. The number of amides is 4. The van der Waals surface area contributed by atoms with Gasteiger partial charge in [-0.2, -0.15) is 11.8 Å². The normalized spacial score (nSPS) is 21.0. The zero-order valence-corrected chi connectivity index (χ0v) is 19.9. The summed E-state index contributed by atoms with van der Waals surface area (Å²) in [5, 5.41) is 21.8. The van der Waals surface area contributed by atoms with Crippen molar-refractivity contribution in [1.82, 2.24) is 21.3 Å². The smallest absolute Gasteiger partial charge is 0.343 e. The largest absolute Gasteiger partial charge is 0.508 e. The Labute approximate surface area is 205 Å². The van der Waals surface area contributed by atoms with E-state index in [4.69, 9.17) is 4.42 Å². The fraction of sp³-hybridized carbons (Fsp3) is 0.417. The molecule has 4 amide bonds. The van der Waals surface area contributed by atoms with Gasteiger partial charge in [0, 0.05) is 48.0 Å². The molecule has 2 aliphatic heterocycles. The van der Waals surface area contributed by atoms with Gasteiger partial charge in [0.25, 0.3) is 0 Å². The standard InChI is InChI=1S/C24H28N4O6S/c29-16-7-5-14-11-15(23(32)34-18(14)12-16)6-8-21(31)26-10-9-25-20(30)4-2-1-3-19-22-17(13-35-19)27-24(33)28-22/h5-8,11-12,17,19,22,29H,1-4,9-10,13H2,(H,25,30)(H,26,31)(H2,27,28,33)/b8-6+. The number of fused-ring (bicyclic) bond motifs is 2. The van der Waals surface area contributed by atoms with Gasteiger partial charge in [-0.25, -0.2) is 9.59 Å². The molecule has 10 nitrogen and oxygen atoms in total. The third-order valence-electron chi connectivity index (χ3n) is 5.99. The highest BCUT2D eigenvalue weighted by Crippen LogP contribution is 2.33. The number of rotatable bonds is 10. The molecule has 0 radical (unpaired) electrons. The topological polar surface area (TPSA) is 150 Å². The van der Waals surface area contributed by atoms with Crippen LogP contribution in [-0.2, 0) is 9.59 Å². The summed E-state index contributed by atoms with van der Waals surface area (Å²) in [4.78, 5) is 47.5. The van der Waals surface area contributed by atoms with Gasteiger partial charge in [0.05, 0.1) is 17.6 Å². The number of carbonyl (C=O) groups excluding carboxylic acids is 3. The molecular weight excluding hydrogens is 472 g/mol. The Morgan fingerprint density at radius 2 is 1.97 bits per heavy atom. The molecule has 1 aromatic carbocycles. The second-order valence-electron chi connectivity index (χ2n) is 8.55. The first-order chi connectivity index (χ1) is 16.9. The summed E-state index contributed by atoms with van der Waals surface area (Å²) < 4.78 is 5.16. The molecule has 3 unspecified atom stereocenters. The van der Waals surface area contributed by atoms with Crippen molar-refractivity contribution >= 4 is 46.7 Å². The lowest BCUT2D eigenvalue weighted by Gasteiger charge is -2.16. The third-order valence-corrected chi connectivity index (χ3v) is 7.50. The summed E-state index contributed by atoms with van der Waals surface area (Å²) in [5.74, 6) is 0.457. The maximum absolute atomic E-state index is 12.0. The molecule has 2 aromatic rings. The van der Waals surface area contributed by atoms with Crippen molar-refractivity contribution in [2.75, 3.05) is 18.8 Å². The Hall–Kier alpha value is -3.47. The molecule has 1 aromatic heterocycles. The average molecular weight is 501 g/mol. The summed E-state index contributed by atoms with van der Waals surface area (Å²) >= 11 is 1.86. The molecule has 0 bridgehead atoms. The van der Waals surface area contributed by atoms with Crippen molar-refractivity contribution in [3.05, 3.63) is 46.3 Å². The molecule has 0 spiro atoms. The van der Waals surface area contributed by atoms with Crippen molar-refractivity contribution in [3.63, 3.8) is 0 Å². The van der Waals surface area contributed by atoms with Crippen LogP contribution in [0.15, 0.2) is 39.6 Å². The monoisotopic (exact) mass is 500 g/mol. The van der Waals surface area contributed by atoms with E-state index in [9.17, 15) is 24.3 Å². The molecule has 3 atom stereocenters. The van der Waals surface area contributed by atoms with Crippen molar-refractivity contribution in [3.8, 4) is 5.75 Å². The molecular formula is C24H28N4O6S. The van der Waals surface area contributed by atoms with Gasteiger partial charge in [-0.3, -0.25) is 9.59 Å². The molecule has 2 fully saturated rings. The summed E-state index contributed by atoms with van der Waals surface area (Å²) in [6.45, 7) is 0.564. The second kappa shape index (κ2) is 11.3. The summed E-state index contributed by atoms with van der Waals surface area (Å²) in [7, 11) is 0. The first-order valence-electron chi connectivity index (χ1n) is 11.6. The lowest BCUT2D eigenvalue weighted by molar-refractivity contribution is -0.121. The van der Waals surface area contributed by atoms with Crippen LogP contribution in [0.3, 0.4) is 0 Å². The number of hydrogen-bond donors (Lipinski definition) is 5. The molecule has 11 heteroatoms. The molecule has 0 aliphatic carbocycles. The predicted molar refractivity (Wildman–Crippen MR) is 133 cm³/mol. The van der Waals surface area contributed by atoms with Gasteiger partial charge >= 0.3 is 11.7 Å². The minimum Gasteiger partial charge on any atom is -0.508 e. The molecule has 186 valence electrons. The molecule has 3 heterocycles. The third kappa shape index (κ3) is 6.56. The van der Waals surface area contributed by atoms with E-state index in [1.165, 1.54) is 24.3 Å². The summed E-state index contributed by atoms with van der Waals surface area (Å²) in [6.07, 6.45) is 5.65. The highest BCUT2D eigenvalue weighted by atomic mass is 32.2. The SMILES string of the molecule is O=C(/C=C/c1cc2ccc(O)cc2oc1=O)NCCNC(=O)CCCCC1SCC2NC(=O)NC21. The van der Waals surface area contributed by atoms with E-state index in [1.54, 1.807) is 12.1 Å². The van der Waals surface area contributed by atoms with Gasteiger partial charge in [0.1, 0.15) is 11.3 Å². The molecule has 2 saturated heterocycles. The van der Waals surface area contributed by atoms with Crippen molar-refractivity contribution < 1.29 is 23.9 Å². The highest BCUT2D eigenvalue weighted by molar-refractivity contribution is 8.00. The fourth-order valence-electron chi connectivity index (χ4n) is 4.21. The summed E-state index contributed by atoms with van der Waals surface area (Å²) in [5.41, 5.74) is -0.141. The van der Waals surface area contributed by atoms with Crippen LogP contribution < -0.4 is 26.9 Å². The fourth-order valence-corrected chi connectivity index (χ4v) is 5.75. The lowest BCUT2D eigenvalue weighted by atomic mass is 10.0. The average Bonchev–Trinajstić information content (AvgIpc) is 3.37. The first kappa shape index (κ1) is 24.6. The molecule has 5 N–H and O–H groups in total. The number of unbranched alkanes of at least 4 members (excludes halogenated alkanes) is 1. The minimum atomic E-state index is -0.615. The second-order valence-corrected chi connectivity index (χ2v) is 9.83. The van der Waals surface area contributed by atoms with E-state index >= 15 is 0 Å². The van der Waals surface area contributed by atoms with Crippen LogP contribution in [0.25, 0.3) is 17.0 Å². The number of phenolic OH excluding ortho intramolecular Hbond substituents is 1. The van der Waals surface area contributed by atoms with Crippen molar-refractivity contribution in [2.24, 2.45) is 0 Å². The maximum Gasteiger partial charge on any atom is 0.343 e. The Morgan fingerprint density at radius 3 is 2.83 bits per heavy atom. The zero-order chi connectivity index (χ0) is 24.8. The maximum atomic E-state index is 12.0. The number of hydrogen-bond acceptors (Lipinski definition) is 7. The van der Waals surface area contributed by atoms with Crippen LogP contribution in [0.1, 0.15) is 31.2 Å². The minimum absolute atomic E-state index is 0.00495. The van der Waals surface area contributed by atoms with Gasteiger partial charge in [0.2, 0.25) is 11.8 Å². The van der Waals surface area contributed by atoms with E-state index in [0.717, 1.165) is 25.0 Å². The molecule has 35 heavy (non-hydrogen) atoms. The van der Waals surface area contributed by atoms with Gasteiger partial charge in [-0.15, -0.1) is 0 Å². The number of nitrogens with one attached hydrogen (secondary N) is 4. The Bertz CT molecular complexity index is 1200. The van der Waals surface area contributed by atoms with Gasteiger partial charge in [-0.1, -0.05) is 6.42 Å².